The number of unbranched alkanes of at least 4 members (excludes halogenated alkanes) is 2. The van der Waals surface area contributed by atoms with Crippen LogP contribution in [0.5, 0.6) is 0 Å². The van der Waals surface area contributed by atoms with Crippen LogP contribution in [0, 0.1) is 0 Å². The first-order valence-electron chi connectivity index (χ1n) is 6.36. The van der Waals surface area contributed by atoms with Gasteiger partial charge in [0.15, 0.2) is 0 Å². The van der Waals surface area contributed by atoms with Crippen LogP contribution in [0.1, 0.15) is 32.6 Å². The molecule has 0 atom stereocenters. The van der Waals surface area contributed by atoms with Crippen LogP contribution in [0.4, 0.5) is 0 Å². The highest BCUT2D eigenvalue weighted by Gasteiger charge is 2.00. The molecule has 0 saturated heterocycles. The summed E-state index contributed by atoms with van der Waals surface area (Å²) in [4.78, 5) is 11.0. The molecule has 0 amide bonds. The summed E-state index contributed by atoms with van der Waals surface area (Å²) in [7, 11) is 0. The molecule has 0 aliphatic carbocycles. The number of carbonyl (C=O) groups excluding carboxylic acids is 1. The van der Waals surface area contributed by atoms with E-state index < -0.39 is 0 Å². The molecule has 0 aliphatic heterocycles. The number of aliphatic hydroxyl groups excluding tert-OH is 1. The second-order valence-corrected chi connectivity index (χ2v) is 3.70. The van der Waals surface area contributed by atoms with Gasteiger partial charge in [0, 0.05) is 13.0 Å². The van der Waals surface area contributed by atoms with E-state index in [4.69, 9.17) is 14.6 Å². The van der Waals surface area contributed by atoms with E-state index in [1.54, 1.807) is 0 Å². The van der Waals surface area contributed by atoms with E-state index in [1.165, 1.54) is 0 Å². The van der Waals surface area contributed by atoms with E-state index >= 15 is 0 Å². The van der Waals surface area contributed by atoms with Gasteiger partial charge in [0.05, 0.1) is 26.4 Å². The third-order valence-electron chi connectivity index (χ3n) is 2.20. The molecule has 2 N–H and O–H groups in total. The summed E-state index contributed by atoms with van der Waals surface area (Å²) in [5.41, 5.74) is 0. The van der Waals surface area contributed by atoms with Crippen molar-refractivity contribution in [1.82, 2.24) is 5.32 Å². The first-order valence-corrected chi connectivity index (χ1v) is 6.36. The molecule has 0 radical (unpaired) electrons. The SMILES string of the molecule is CCOC(=O)CCCCCNCCOCCO. The van der Waals surface area contributed by atoms with Crippen molar-refractivity contribution in [2.75, 3.05) is 39.5 Å². The summed E-state index contributed by atoms with van der Waals surface area (Å²) in [6.45, 7) is 5.14. The summed E-state index contributed by atoms with van der Waals surface area (Å²) < 4.78 is 9.93. The summed E-state index contributed by atoms with van der Waals surface area (Å²) >= 11 is 0. The lowest BCUT2D eigenvalue weighted by atomic mass is 10.2. The minimum Gasteiger partial charge on any atom is -0.466 e. The summed E-state index contributed by atoms with van der Waals surface area (Å²) in [5.74, 6) is -0.0992. The van der Waals surface area contributed by atoms with Crippen LogP contribution < -0.4 is 5.32 Å². The van der Waals surface area contributed by atoms with Gasteiger partial charge in [-0.25, -0.2) is 0 Å². The standard InChI is InChI=1S/C12H25NO4/c1-2-17-12(15)6-4-3-5-7-13-8-10-16-11-9-14/h13-14H,2-11H2,1H3. The Morgan fingerprint density at radius 3 is 2.71 bits per heavy atom. The summed E-state index contributed by atoms with van der Waals surface area (Å²) in [5, 5.41) is 11.7. The monoisotopic (exact) mass is 247 g/mol. The maximum absolute atomic E-state index is 11.0. The predicted molar refractivity (Wildman–Crippen MR) is 65.9 cm³/mol. The molecule has 17 heavy (non-hydrogen) atoms. The molecule has 5 heteroatoms. The molecule has 0 aromatic heterocycles. The first kappa shape index (κ1) is 16.4. The fraction of sp³-hybridized carbons (Fsp3) is 0.917. The van der Waals surface area contributed by atoms with Gasteiger partial charge in [0.2, 0.25) is 0 Å². The number of hydrogen-bond donors (Lipinski definition) is 2. The van der Waals surface area contributed by atoms with Crippen molar-refractivity contribution in [3.05, 3.63) is 0 Å². The Labute approximate surface area is 103 Å². The van der Waals surface area contributed by atoms with Crippen molar-refractivity contribution in [2.45, 2.75) is 32.6 Å². The van der Waals surface area contributed by atoms with Crippen LogP contribution in [0.25, 0.3) is 0 Å². The van der Waals surface area contributed by atoms with Crippen LogP contribution in [-0.2, 0) is 14.3 Å². The molecular weight excluding hydrogens is 222 g/mol. The molecule has 0 fully saturated rings. The van der Waals surface area contributed by atoms with Gasteiger partial charge in [-0.2, -0.15) is 0 Å². The molecule has 0 spiro atoms. The van der Waals surface area contributed by atoms with Gasteiger partial charge in [0.1, 0.15) is 0 Å². The number of rotatable bonds is 12. The minimum atomic E-state index is -0.0992. The quantitative estimate of drug-likeness (QED) is 0.393. The van der Waals surface area contributed by atoms with Gasteiger partial charge in [-0.1, -0.05) is 6.42 Å². The smallest absolute Gasteiger partial charge is 0.305 e. The topological polar surface area (TPSA) is 67.8 Å². The Morgan fingerprint density at radius 1 is 1.18 bits per heavy atom. The maximum Gasteiger partial charge on any atom is 0.305 e. The molecule has 102 valence electrons. The van der Waals surface area contributed by atoms with Gasteiger partial charge in [-0.05, 0) is 26.3 Å². The van der Waals surface area contributed by atoms with E-state index in [0.29, 0.717) is 26.2 Å². The number of aliphatic hydroxyl groups is 1. The van der Waals surface area contributed by atoms with Crippen molar-refractivity contribution in [1.29, 1.82) is 0 Å². The zero-order valence-corrected chi connectivity index (χ0v) is 10.7. The molecule has 5 nitrogen and oxygen atoms in total. The second kappa shape index (κ2) is 13.4. The summed E-state index contributed by atoms with van der Waals surface area (Å²) in [6.07, 6.45) is 3.50. The highest BCUT2D eigenvalue weighted by Crippen LogP contribution is 2.00. The molecule has 0 bridgehead atoms. The number of ether oxygens (including phenoxy) is 2. The maximum atomic E-state index is 11.0. The van der Waals surface area contributed by atoms with Gasteiger partial charge in [0.25, 0.3) is 0 Å². The fourth-order valence-corrected chi connectivity index (χ4v) is 1.37. The largest absolute Gasteiger partial charge is 0.466 e. The van der Waals surface area contributed by atoms with Crippen LogP contribution in [0.3, 0.4) is 0 Å². The van der Waals surface area contributed by atoms with Crippen LogP contribution in [0.2, 0.25) is 0 Å². The highest BCUT2D eigenvalue weighted by atomic mass is 16.5. The average molecular weight is 247 g/mol. The van der Waals surface area contributed by atoms with Crippen molar-refractivity contribution in [3.63, 3.8) is 0 Å². The van der Waals surface area contributed by atoms with E-state index in [1.807, 2.05) is 6.92 Å². The molecular formula is C12H25NO4. The van der Waals surface area contributed by atoms with Crippen molar-refractivity contribution < 1.29 is 19.4 Å². The third-order valence-corrected chi connectivity index (χ3v) is 2.20. The number of esters is 1. The molecule has 0 heterocycles. The molecule has 0 aromatic carbocycles. The van der Waals surface area contributed by atoms with Gasteiger partial charge >= 0.3 is 5.97 Å². The van der Waals surface area contributed by atoms with Crippen molar-refractivity contribution in [3.8, 4) is 0 Å². The Morgan fingerprint density at radius 2 is 2.00 bits per heavy atom. The number of carbonyl (C=O) groups is 1. The molecule has 0 rings (SSSR count). The highest BCUT2D eigenvalue weighted by molar-refractivity contribution is 5.69. The van der Waals surface area contributed by atoms with Gasteiger partial charge in [-0.3, -0.25) is 4.79 Å². The normalized spacial score (nSPS) is 10.5. The second-order valence-electron chi connectivity index (χ2n) is 3.70. The summed E-state index contributed by atoms with van der Waals surface area (Å²) in [6, 6.07) is 0. The van der Waals surface area contributed by atoms with Crippen molar-refractivity contribution in [2.24, 2.45) is 0 Å². The van der Waals surface area contributed by atoms with Gasteiger partial charge < -0.3 is 19.9 Å². The molecule has 0 unspecified atom stereocenters. The third kappa shape index (κ3) is 13.3. The zero-order valence-electron chi connectivity index (χ0n) is 10.7. The Kier molecular flexibility index (Phi) is 12.9. The fourth-order valence-electron chi connectivity index (χ4n) is 1.37. The minimum absolute atomic E-state index is 0.0772. The molecule has 0 saturated carbocycles. The van der Waals surface area contributed by atoms with E-state index in [-0.39, 0.29) is 12.6 Å². The van der Waals surface area contributed by atoms with E-state index in [2.05, 4.69) is 5.32 Å². The average Bonchev–Trinajstić information content (AvgIpc) is 2.32. The number of nitrogens with one attached hydrogen (secondary N) is 1. The van der Waals surface area contributed by atoms with Crippen LogP contribution in [-0.4, -0.2) is 50.6 Å². The Balaban J connectivity index is 3.01. The van der Waals surface area contributed by atoms with Gasteiger partial charge in [-0.15, -0.1) is 0 Å². The van der Waals surface area contributed by atoms with Crippen molar-refractivity contribution >= 4 is 5.97 Å². The van der Waals surface area contributed by atoms with Crippen LogP contribution >= 0.6 is 0 Å². The van der Waals surface area contributed by atoms with E-state index in [9.17, 15) is 4.79 Å². The lowest BCUT2D eigenvalue weighted by molar-refractivity contribution is -0.143. The molecule has 0 aromatic rings. The Bertz CT molecular complexity index is 176. The predicted octanol–water partition coefficient (Wildman–Crippen LogP) is 0.708. The zero-order chi connectivity index (χ0) is 12.8. The lowest BCUT2D eigenvalue weighted by Gasteiger charge is -2.05. The van der Waals surface area contributed by atoms with Crippen LogP contribution in [0.15, 0.2) is 0 Å². The van der Waals surface area contributed by atoms with E-state index in [0.717, 1.165) is 32.4 Å². The molecule has 0 aliphatic rings. The number of hydrogen-bond acceptors (Lipinski definition) is 5. The lowest BCUT2D eigenvalue weighted by Crippen LogP contribution is -2.21. The Hall–Kier alpha value is -0.650. The first-order chi connectivity index (χ1) is 8.31.